The highest BCUT2D eigenvalue weighted by Gasteiger charge is 2.18. The zero-order chi connectivity index (χ0) is 22.4. The van der Waals surface area contributed by atoms with Gasteiger partial charge in [0.05, 0.1) is 23.5 Å². The van der Waals surface area contributed by atoms with Gasteiger partial charge in [-0.1, -0.05) is 41.4 Å². The summed E-state index contributed by atoms with van der Waals surface area (Å²) < 4.78 is 10.9. The van der Waals surface area contributed by atoms with Crippen molar-refractivity contribution >= 4 is 46.4 Å². The van der Waals surface area contributed by atoms with Gasteiger partial charge in [-0.15, -0.1) is 0 Å². The van der Waals surface area contributed by atoms with E-state index in [1.165, 1.54) is 13.2 Å². The number of benzene rings is 3. The molecule has 0 aromatic heterocycles. The van der Waals surface area contributed by atoms with Crippen molar-refractivity contribution in [1.82, 2.24) is 0 Å². The molecule has 0 heterocycles. The summed E-state index contributed by atoms with van der Waals surface area (Å²) >= 11 is 12.1. The number of para-hydroxylation sites is 1. The predicted molar refractivity (Wildman–Crippen MR) is 123 cm³/mol. The first-order valence-corrected chi connectivity index (χ1v) is 10.1. The lowest BCUT2D eigenvalue weighted by atomic mass is 10.1. The number of nitrogens with one attached hydrogen (secondary N) is 2. The van der Waals surface area contributed by atoms with Crippen LogP contribution in [0.1, 0.15) is 17.3 Å². The smallest absolute Gasteiger partial charge is 0.265 e. The lowest BCUT2D eigenvalue weighted by Crippen LogP contribution is -2.30. The Balaban J connectivity index is 1.76. The quantitative estimate of drug-likeness (QED) is 0.478. The maximum absolute atomic E-state index is 12.7. The first-order valence-electron chi connectivity index (χ1n) is 9.34. The van der Waals surface area contributed by atoms with E-state index >= 15 is 0 Å². The third-order valence-electron chi connectivity index (χ3n) is 4.32. The minimum atomic E-state index is -0.769. The lowest BCUT2D eigenvalue weighted by Gasteiger charge is -2.17. The Morgan fingerprint density at radius 3 is 2.35 bits per heavy atom. The monoisotopic (exact) mass is 458 g/mol. The first kappa shape index (κ1) is 22.5. The molecule has 0 unspecified atom stereocenters. The molecule has 0 bridgehead atoms. The SMILES string of the molecule is COc1ccc(C(=O)Nc2cc(Cl)ccc2Cl)cc1NC(=O)[C@@H](C)Oc1ccccc1. The number of amides is 2. The van der Waals surface area contributed by atoms with E-state index in [1.807, 2.05) is 18.2 Å². The Labute approximate surface area is 190 Å². The van der Waals surface area contributed by atoms with Crippen molar-refractivity contribution in [2.24, 2.45) is 0 Å². The maximum Gasteiger partial charge on any atom is 0.265 e. The lowest BCUT2D eigenvalue weighted by molar-refractivity contribution is -0.122. The van der Waals surface area contributed by atoms with E-state index in [2.05, 4.69) is 10.6 Å². The summed E-state index contributed by atoms with van der Waals surface area (Å²) in [7, 11) is 1.47. The summed E-state index contributed by atoms with van der Waals surface area (Å²) in [5.74, 6) is 0.162. The fraction of sp³-hybridized carbons (Fsp3) is 0.130. The van der Waals surface area contributed by atoms with Crippen molar-refractivity contribution in [2.75, 3.05) is 17.7 Å². The van der Waals surface area contributed by atoms with Gasteiger partial charge in [-0.2, -0.15) is 0 Å². The first-order chi connectivity index (χ1) is 14.9. The van der Waals surface area contributed by atoms with E-state index in [0.717, 1.165) is 0 Å². The third-order valence-corrected chi connectivity index (χ3v) is 4.89. The highest BCUT2D eigenvalue weighted by atomic mass is 35.5. The number of hydrogen-bond acceptors (Lipinski definition) is 4. The molecule has 3 aromatic carbocycles. The molecular formula is C23H20Cl2N2O4. The van der Waals surface area contributed by atoms with Crippen LogP contribution in [0.3, 0.4) is 0 Å². The van der Waals surface area contributed by atoms with Crippen LogP contribution in [0.2, 0.25) is 10.0 Å². The van der Waals surface area contributed by atoms with Gasteiger partial charge < -0.3 is 20.1 Å². The number of halogens is 2. The Kier molecular flexibility index (Phi) is 7.39. The summed E-state index contributed by atoms with van der Waals surface area (Å²) in [5.41, 5.74) is 1.01. The van der Waals surface area contributed by atoms with Gasteiger partial charge in [-0.05, 0) is 55.5 Å². The van der Waals surface area contributed by atoms with Gasteiger partial charge >= 0.3 is 0 Å². The van der Waals surface area contributed by atoms with Crippen LogP contribution in [0.15, 0.2) is 66.7 Å². The van der Waals surface area contributed by atoms with Crippen LogP contribution in [0.25, 0.3) is 0 Å². The number of carbonyl (C=O) groups excluding carboxylic acids is 2. The van der Waals surface area contributed by atoms with Crippen molar-refractivity contribution in [3.63, 3.8) is 0 Å². The number of ether oxygens (including phenoxy) is 2. The highest BCUT2D eigenvalue weighted by molar-refractivity contribution is 6.35. The van der Waals surface area contributed by atoms with E-state index in [9.17, 15) is 9.59 Å². The maximum atomic E-state index is 12.7. The van der Waals surface area contributed by atoms with Crippen LogP contribution in [0.4, 0.5) is 11.4 Å². The fourth-order valence-corrected chi connectivity index (χ4v) is 3.06. The summed E-state index contributed by atoms with van der Waals surface area (Å²) in [4.78, 5) is 25.3. The van der Waals surface area contributed by atoms with Crippen LogP contribution < -0.4 is 20.1 Å². The average molecular weight is 459 g/mol. The number of methoxy groups -OCH3 is 1. The number of anilines is 2. The molecule has 2 amide bonds. The number of rotatable bonds is 7. The second kappa shape index (κ2) is 10.2. The molecule has 6 nitrogen and oxygen atoms in total. The van der Waals surface area contributed by atoms with Gasteiger partial charge in [0.2, 0.25) is 0 Å². The van der Waals surface area contributed by atoms with Gasteiger partial charge in [0, 0.05) is 10.6 Å². The normalized spacial score (nSPS) is 11.4. The van der Waals surface area contributed by atoms with Gasteiger partial charge in [0.25, 0.3) is 11.8 Å². The number of carbonyl (C=O) groups is 2. The molecule has 0 aliphatic carbocycles. The predicted octanol–water partition coefficient (Wildman–Crippen LogP) is 5.66. The van der Waals surface area contributed by atoms with E-state index in [4.69, 9.17) is 32.7 Å². The Hall–Kier alpha value is -3.22. The molecular weight excluding hydrogens is 439 g/mol. The molecule has 0 saturated carbocycles. The minimum absolute atomic E-state index is 0.295. The zero-order valence-corrected chi connectivity index (χ0v) is 18.3. The molecule has 0 saturated heterocycles. The van der Waals surface area contributed by atoms with Crippen LogP contribution in [0, 0.1) is 0 Å². The summed E-state index contributed by atoms with van der Waals surface area (Å²) in [6.07, 6.45) is -0.769. The van der Waals surface area contributed by atoms with Crippen LogP contribution in [-0.2, 0) is 4.79 Å². The van der Waals surface area contributed by atoms with Crippen molar-refractivity contribution in [3.05, 3.63) is 82.3 Å². The molecule has 160 valence electrons. The summed E-state index contributed by atoms with van der Waals surface area (Å²) in [6.45, 7) is 1.63. The van der Waals surface area contributed by atoms with Gasteiger partial charge in [0.1, 0.15) is 11.5 Å². The molecule has 0 aliphatic heterocycles. The molecule has 1 atom stereocenters. The van der Waals surface area contributed by atoms with Crippen molar-refractivity contribution in [3.8, 4) is 11.5 Å². The van der Waals surface area contributed by atoms with Crippen LogP contribution >= 0.6 is 23.2 Å². The Morgan fingerprint density at radius 1 is 0.903 bits per heavy atom. The molecule has 3 rings (SSSR count). The van der Waals surface area contributed by atoms with Gasteiger partial charge in [-0.25, -0.2) is 0 Å². The van der Waals surface area contributed by atoms with E-state index in [1.54, 1.807) is 49.4 Å². The number of hydrogen-bond donors (Lipinski definition) is 2. The van der Waals surface area contributed by atoms with E-state index < -0.39 is 17.9 Å². The molecule has 0 fully saturated rings. The minimum Gasteiger partial charge on any atom is -0.495 e. The largest absolute Gasteiger partial charge is 0.495 e. The summed E-state index contributed by atoms with van der Waals surface area (Å²) in [5, 5.41) is 6.25. The second-order valence-corrected chi connectivity index (χ2v) is 7.40. The van der Waals surface area contributed by atoms with E-state index in [-0.39, 0.29) is 0 Å². The molecule has 2 N–H and O–H groups in total. The second-order valence-electron chi connectivity index (χ2n) is 6.56. The Bertz CT molecular complexity index is 1090. The Morgan fingerprint density at radius 2 is 1.65 bits per heavy atom. The highest BCUT2D eigenvalue weighted by Crippen LogP contribution is 2.29. The molecule has 8 heteroatoms. The van der Waals surface area contributed by atoms with Gasteiger partial charge in [0.15, 0.2) is 6.10 Å². The van der Waals surface area contributed by atoms with E-state index in [0.29, 0.717) is 38.5 Å². The van der Waals surface area contributed by atoms with Crippen molar-refractivity contribution < 1.29 is 19.1 Å². The summed E-state index contributed by atoms with van der Waals surface area (Å²) in [6, 6.07) is 18.5. The molecule has 0 aliphatic rings. The van der Waals surface area contributed by atoms with Crippen LogP contribution in [-0.4, -0.2) is 25.0 Å². The van der Waals surface area contributed by atoms with Crippen LogP contribution in [0.5, 0.6) is 11.5 Å². The standard InChI is InChI=1S/C23H20Cl2N2O4/c1-14(31-17-6-4-3-5-7-17)22(28)27-20-12-15(8-11-21(20)30-2)23(29)26-19-13-16(24)9-10-18(19)25/h3-14H,1-2H3,(H,26,29)(H,27,28)/t14-/m1/s1. The third kappa shape index (κ3) is 5.90. The topological polar surface area (TPSA) is 76.7 Å². The average Bonchev–Trinajstić information content (AvgIpc) is 2.76. The van der Waals surface area contributed by atoms with Crippen molar-refractivity contribution in [1.29, 1.82) is 0 Å². The fourth-order valence-electron chi connectivity index (χ4n) is 2.73. The van der Waals surface area contributed by atoms with Gasteiger partial charge in [-0.3, -0.25) is 9.59 Å². The molecule has 3 aromatic rings. The molecule has 0 radical (unpaired) electrons. The van der Waals surface area contributed by atoms with Crippen molar-refractivity contribution in [2.45, 2.75) is 13.0 Å². The zero-order valence-electron chi connectivity index (χ0n) is 16.8. The molecule has 0 spiro atoms. The molecule has 31 heavy (non-hydrogen) atoms.